The highest BCUT2D eigenvalue weighted by molar-refractivity contribution is 5.27. The van der Waals surface area contributed by atoms with Crippen molar-refractivity contribution in [3.8, 4) is 5.88 Å². The summed E-state index contributed by atoms with van der Waals surface area (Å²) in [5, 5.41) is 0. The van der Waals surface area contributed by atoms with Gasteiger partial charge in [0.2, 0.25) is 5.88 Å². The van der Waals surface area contributed by atoms with Gasteiger partial charge in [-0.15, -0.1) is 0 Å². The first-order valence-electron chi connectivity index (χ1n) is 4.11. The quantitative estimate of drug-likeness (QED) is 0.810. The van der Waals surface area contributed by atoms with Crippen molar-refractivity contribution >= 4 is 0 Å². The molecular weight excluding hydrogens is 190 g/mol. The van der Waals surface area contributed by atoms with E-state index in [4.69, 9.17) is 10.5 Å². The molecule has 1 atom stereocenters. The number of halogens is 2. The summed E-state index contributed by atoms with van der Waals surface area (Å²) in [6, 6.07) is 1.66. The predicted molar refractivity (Wildman–Crippen MR) is 48.5 cm³/mol. The zero-order valence-electron chi connectivity index (χ0n) is 8.00. The first kappa shape index (κ1) is 10.8. The molecule has 1 heterocycles. The molecule has 1 aromatic rings. The number of hydrogen-bond acceptors (Lipinski definition) is 3. The van der Waals surface area contributed by atoms with Crippen LogP contribution in [0.4, 0.5) is 8.78 Å². The van der Waals surface area contributed by atoms with Gasteiger partial charge in [-0.1, -0.05) is 0 Å². The summed E-state index contributed by atoms with van der Waals surface area (Å²) in [5.74, 6) is 0.302. The van der Waals surface area contributed by atoms with Crippen LogP contribution in [0.25, 0.3) is 0 Å². The predicted octanol–water partition coefficient (Wildman–Crippen LogP) is 1.66. The van der Waals surface area contributed by atoms with E-state index in [1.165, 1.54) is 19.2 Å². The number of nitrogens with two attached hydrogens (primary N) is 1. The molecular formula is C9H12F2N2O. The minimum Gasteiger partial charge on any atom is -0.481 e. The molecule has 0 saturated heterocycles. The Labute approximate surface area is 80.9 Å². The Hall–Kier alpha value is -1.23. The van der Waals surface area contributed by atoms with Crippen molar-refractivity contribution in [3.05, 3.63) is 23.4 Å². The molecule has 0 fully saturated rings. The molecule has 14 heavy (non-hydrogen) atoms. The largest absolute Gasteiger partial charge is 0.481 e. The average molecular weight is 202 g/mol. The van der Waals surface area contributed by atoms with E-state index in [2.05, 4.69) is 4.98 Å². The molecule has 0 amide bonds. The third kappa shape index (κ3) is 2.38. The second-order valence-corrected chi connectivity index (χ2v) is 2.94. The zero-order valence-corrected chi connectivity index (χ0v) is 8.00. The number of aromatic nitrogens is 1. The van der Waals surface area contributed by atoms with Gasteiger partial charge >= 0.3 is 0 Å². The maximum atomic E-state index is 12.3. The fourth-order valence-electron chi connectivity index (χ4n) is 1.11. The highest BCUT2D eigenvalue weighted by Crippen LogP contribution is 2.21. The summed E-state index contributed by atoms with van der Waals surface area (Å²) in [4.78, 5) is 3.97. The smallest absolute Gasteiger partial charge is 0.257 e. The maximum absolute atomic E-state index is 12.3. The van der Waals surface area contributed by atoms with Gasteiger partial charge in [-0.3, -0.25) is 0 Å². The highest BCUT2D eigenvalue weighted by Gasteiger charge is 2.18. The molecule has 1 rings (SSSR count). The number of methoxy groups -OCH3 is 1. The molecule has 0 saturated carbocycles. The van der Waals surface area contributed by atoms with Crippen molar-refractivity contribution in [2.24, 2.45) is 5.73 Å². The fourth-order valence-corrected chi connectivity index (χ4v) is 1.11. The average Bonchev–Trinajstić information content (AvgIpc) is 2.15. The molecule has 0 aliphatic rings. The summed E-state index contributed by atoms with van der Waals surface area (Å²) in [5.41, 5.74) is 6.24. The SMILES string of the molecule is COc1cc(C(N)C(F)F)cc(C)n1. The number of nitrogens with zero attached hydrogens (tertiary/aromatic N) is 1. The Balaban J connectivity index is 3.02. The minimum atomic E-state index is -2.58. The van der Waals surface area contributed by atoms with Crippen LogP contribution in [0, 0.1) is 6.92 Å². The van der Waals surface area contributed by atoms with Crippen LogP contribution in [0.2, 0.25) is 0 Å². The first-order valence-corrected chi connectivity index (χ1v) is 4.11. The van der Waals surface area contributed by atoms with Crippen molar-refractivity contribution in [1.29, 1.82) is 0 Å². The second-order valence-electron chi connectivity index (χ2n) is 2.94. The van der Waals surface area contributed by atoms with E-state index in [1.807, 2.05) is 0 Å². The van der Waals surface area contributed by atoms with Gasteiger partial charge < -0.3 is 10.5 Å². The van der Waals surface area contributed by atoms with Crippen molar-refractivity contribution in [3.63, 3.8) is 0 Å². The molecule has 0 aliphatic carbocycles. The van der Waals surface area contributed by atoms with Crippen molar-refractivity contribution in [2.75, 3.05) is 7.11 Å². The standard InChI is InChI=1S/C9H12F2N2O/c1-5-3-6(8(12)9(10)11)4-7(13-5)14-2/h3-4,8-9H,12H2,1-2H3. The number of ether oxygens (including phenoxy) is 1. The Morgan fingerprint density at radius 2 is 2.07 bits per heavy atom. The molecule has 0 aromatic carbocycles. The van der Waals surface area contributed by atoms with Crippen molar-refractivity contribution in [2.45, 2.75) is 19.4 Å². The van der Waals surface area contributed by atoms with Crippen LogP contribution in [0.5, 0.6) is 5.88 Å². The molecule has 0 spiro atoms. The zero-order chi connectivity index (χ0) is 10.7. The lowest BCUT2D eigenvalue weighted by Gasteiger charge is -2.12. The monoisotopic (exact) mass is 202 g/mol. The summed E-state index contributed by atoms with van der Waals surface area (Å²) in [6.45, 7) is 1.70. The lowest BCUT2D eigenvalue weighted by molar-refractivity contribution is 0.116. The van der Waals surface area contributed by atoms with E-state index in [0.717, 1.165) is 0 Å². The van der Waals surface area contributed by atoms with Gasteiger partial charge in [0.05, 0.1) is 13.2 Å². The molecule has 2 N–H and O–H groups in total. The van der Waals surface area contributed by atoms with Crippen LogP contribution >= 0.6 is 0 Å². The summed E-state index contributed by atoms with van der Waals surface area (Å²) >= 11 is 0. The van der Waals surface area contributed by atoms with Gasteiger partial charge in [0.25, 0.3) is 6.43 Å². The van der Waals surface area contributed by atoms with Gasteiger partial charge in [0.1, 0.15) is 0 Å². The van der Waals surface area contributed by atoms with Crippen LogP contribution in [0.3, 0.4) is 0 Å². The van der Waals surface area contributed by atoms with Gasteiger partial charge in [0, 0.05) is 11.8 Å². The van der Waals surface area contributed by atoms with Crippen molar-refractivity contribution < 1.29 is 13.5 Å². The van der Waals surface area contributed by atoms with E-state index in [0.29, 0.717) is 17.1 Å². The molecule has 0 bridgehead atoms. The summed E-state index contributed by atoms with van der Waals surface area (Å²) in [6.07, 6.45) is -2.58. The van der Waals surface area contributed by atoms with Gasteiger partial charge in [-0.2, -0.15) is 0 Å². The third-order valence-corrected chi connectivity index (χ3v) is 1.82. The molecule has 78 valence electrons. The topological polar surface area (TPSA) is 48.1 Å². The van der Waals surface area contributed by atoms with Crippen molar-refractivity contribution in [1.82, 2.24) is 4.98 Å². The van der Waals surface area contributed by atoms with Crippen LogP contribution in [-0.4, -0.2) is 18.5 Å². The molecule has 1 unspecified atom stereocenters. The van der Waals surface area contributed by atoms with Crippen LogP contribution < -0.4 is 10.5 Å². The Bertz CT molecular complexity index is 318. The van der Waals surface area contributed by atoms with E-state index in [-0.39, 0.29) is 0 Å². The molecule has 1 aromatic heterocycles. The Morgan fingerprint density at radius 1 is 1.43 bits per heavy atom. The van der Waals surface area contributed by atoms with E-state index in [9.17, 15) is 8.78 Å². The number of alkyl halides is 2. The third-order valence-electron chi connectivity index (χ3n) is 1.82. The number of aryl methyl sites for hydroxylation is 1. The molecule has 0 radical (unpaired) electrons. The fraction of sp³-hybridized carbons (Fsp3) is 0.444. The lowest BCUT2D eigenvalue weighted by Crippen LogP contribution is -2.19. The Morgan fingerprint density at radius 3 is 2.57 bits per heavy atom. The van der Waals surface area contributed by atoms with Crippen LogP contribution in [0.1, 0.15) is 17.3 Å². The van der Waals surface area contributed by atoms with Crippen LogP contribution in [-0.2, 0) is 0 Å². The molecule has 0 aliphatic heterocycles. The van der Waals surface area contributed by atoms with Crippen LogP contribution in [0.15, 0.2) is 12.1 Å². The van der Waals surface area contributed by atoms with E-state index < -0.39 is 12.5 Å². The maximum Gasteiger partial charge on any atom is 0.257 e. The number of pyridine rings is 1. The second kappa shape index (κ2) is 4.32. The molecule has 5 heteroatoms. The van der Waals surface area contributed by atoms with Gasteiger partial charge in [-0.05, 0) is 18.6 Å². The molecule has 3 nitrogen and oxygen atoms in total. The van der Waals surface area contributed by atoms with E-state index in [1.54, 1.807) is 6.92 Å². The van der Waals surface area contributed by atoms with Gasteiger partial charge in [0.15, 0.2) is 0 Å². The lowest BCUT2D eigenvalue weighted by atomic mass is 10.1. The summed E-state index contributed by atoms with van der Waals surface area (Å²) < 4.78 is 29.4. The van der Waals surface area contributed by atoms with E-state index >= 15 is 0 Å². The highest BCUT2D eigenvalue weighted by atomic mass is 19.3. The summed E-state index contributed by atoms with van der Waals surface area (Å²) in [7, 11) is 1.43. The number of hydrogen-bond donors (Lipinski definition) is 1. The first-order chi connectivity index (χ1) is 6.54. The number of rotatable bonds is 3. The minimum absolute atomic E-state index is 0.302. The Kier molecular flexibility index (Phi) is 3.35. The van der Waals surface area contributed by atoms with Gasteiger partial charge in [-0.25, -0.2) is 13.8 Å². The normalized spacial score (nSPS) is 13.0.